The molecule has 0 atom stereocenters. The molecule has 1 heterocycles. The summed E-state index contributed by atoms with van der Waals surface area (Å²) < 4.78 is 0. The standard InChI is InChI=1S/C12H25NSi/c1-4-11-14(5-2,6-3)12-7-8-13-9-10-13/h4,11H,5-10,12H2,1-3H3/b11-4-. The molecule has 0 N–H and O–H groups in total. The van der Waals surface area contributed by atoms with Gasteiger partial charge in [0, 0.05) is 13.1 Å². The van der Waals surface area contributed by atoms with Crippen LogP contribution >= 0.6 is 0 Å². The van der Waals surface area contributed by atoms with Gasteiger partial charge in [0.25, 0.3) is 0 Å². The van der Waals surface area contributed by atoms with Crippen LogP contribution in [0.4, 0.5) is 0 Å². The van der Waals surface area contributed by atoms with Gasteiger partial charge >= 0.3 is 0 Å². The van der Waals surface area contributed by atoms with E-state index < -0.39 is 8.07 Å². The lowest BCUT2D eigenvalue weighted by molar-refractivity contribution is 0.549. The van der Waals surface area contributed by atoms with Gasteiger partial charge < -0.3 is 4.90 Å². The van der Waals surface area contributed by atoms with Crippen molar-refractivity contribution in [1.29, 1.82) is 0 Å². The Labute approximate surface area is 90.2 Å². The second-order valence-electron chi connectivity index (χ2n) is 4.51. The van der Waals surface area contributed by atoms with Crippen molar-refractivity contribution in [2.24, 2.45) is 0 Å². The summed E-state index contributed by atoms with van der Waals surface area (Å²) in [7, 11) is -0.990. The summed E-state index contributed by atoms with van der Waals surface area (Å²) in [6.45, 7) is 11.0. The molecule has 0 amide bonds. The van der Waals surface area contributed by atoms with E-state index in [0.29, 0.717) is 0 Å². The minimum atomic E-state index is -0.990. The average molecular weight is 211 g/mol. The van der Waals surface area contributed by atoms with Crippen molar-refractivity contribution in [2.45, 2.75) is 45.3 Å². The third-order valence-electron chi connectivity index (χ3n) is 3.62. The Hall–Kier alpha value is -0.0831. The first-order valence-electron chi connectivity index (χ1n) is 6.12. The van der Waals surface area contributed by atoms with E-state index in [4.69, 9.17) is 0 Å². The van der Waals surface area contributed by atoms with E-state index in [0.717, 1.165) is 0 Å². The minimum absolute atomic E-state index is 0.990. The maximum absolute atomic E-state index is 2.56. The minimum Gasteiger partial charge on any atom is -0.301 e. The Morgan fingerprint density at radius 3 is 2.29 bits per heavy atom. The Balaban J connectivity index is 2.31. The molecular weight excluding hydrogens is 186 g/mol. The Bertz CT molecular complexity index is 181. The highest BCUT2D eigenvalue weighted by atomic mass is 28.3. The first-order valence-corrected chi connectivity index (χ1v) is 8.82. The molecule has 0 spiro atoms. The highest BCUT2D eigenvalue weighted by Gasteiger charge is 2.26. The van der Waals surface area contributed by atoms with Gasteiger partial charge in [-0.15, -0.1) is 0 Å². The van der Waals surface area contributed by atoms with E-state index >= 15 is 0 Å². The molecule has 14 heavy (non-hydrogen) atoms. The molecule has 1 aliphatic rings. The monoisotopic (exact) mass is 211 g/mol. The number of hydrogen-bond donors (Lipinski definition) is 0. The van der Waals surface area contributed by atoms with Crippen LogP contribution in [0.2, 0.25) is 18.1 Å². The van der Waals surface area contributed by atoms with Crippen molar-refractivity contribution < 1.29 is 0 Å². The van der Waals surface area contributed by atoms with Crippen LogP contribution in [0.25, 0.3) is 0 Å². The summed E-state index contributed by atoms with van der Waals surface area (Å²) in [4.78, 5) is 2.54. The molecule has 0 radical (unpaired) electrons. The number of rotatable bonds is 7. The summed E-state index contributed by atoms with van der Waals surface area (Å²) in [5.41, 5.74) is 2.56. The first-order chi connectivity index (χ1) is 6.76. The number of hydrogen-bond acceptors (Lipinski definition) is 1. The zero-order valence-electron chi connectivity index (χ0n) is 10.1. The third-order valence-corrected chi connectivity index (χ3v) is 8.82. The van der Waals surface area contributed by atoms with Gasteiger partial charge in [-0.2, -0.15) is 0 Å². The highest BCUT2D eigenvalue weighted by molar-refractivity contribution is 6.84. The SMILES string of the molecule is C/C=C\[Si](CC)(CC)CCCN1CC1. The van der Waals surface area contributed by atoms with Crippen molar-refractivity contribution in [3.8, 4) is 0 Å². The van der Waals surface area contributed by atoms with E-state index in [2.05, 4.69) is 37.4 Å². The molecule has 1 fully saturated rings. The molecule has 0 aromatic carbocycles. The Morgan fingerprint density at radius 1 is 1.21 bits per heavy atom. The summed E-state index contributed by atoms with van der Waals surface area (Å²) in [5, 5.41) is 0. The molecule has 0 aromatic heterocycles. The van der Waals surface area contributed by atoms with Crippen molar-refractivity contribution >= 4 is 8.07 Å². The quantitative estimate of drug-likeness (QED) is 0.461. The van der Waals surface area contributed by atoms with Gasteiger partial charge in [0.15, 0.2) is 0 Å². The third kappa shape index (κ3) is 3.58. The molecule has 0 bridgehead atoms. The Morgan fingerprint density at radius 2 is 1.86 bits per heavy atom. The van der Waals surface area contributed by atoms with Gasteiger partial charge in [0.05, 0.1) is 8.07 Å². The second kappa shape index (κ2) is 5.71. The van der Waals surface area contributed by atoms with Gasteiger partial charge in [-0.25, -0.2) is 0 Å². The predicted molar refractivity (Wildman–Crippen MR) is 67.4 cm³/mol. The zero-order chi connectivity index (χ0) is 10.4. The largest absolute Gasteiger partial charge is 0.301 e. The maximum Gasteiger partial charge on any atom is 0.0769 e. The second-order valence-corrected chi connectivity index (χ2v) is 9.49. The summed E-state index contributed by atoms with van der Waals surface area (Å²) in [6.07, 6.45) is 3.72. The molecule has 0 saturated carbocycles. The number of allylic oxidation sites excluding steroid dienone is 1. The van der Waals surface area contributed by atoms with Crippen LogP contribution in [0.1, 0.15) is 27.2 Å². The lowest BCUT2D eigenvalue weighted by Gasteiger charge is -2.25. The van der Waals surface area contributed by atoms with Crippen LogP contribution in [0.15, 0.2) is 11.8 Å². The van der Waals surface area contributed by atoms with Crippen LogP contribution in [0, 0.1) is 0 Å². The number of nitrogens with zero attached hydrogens (tertiary/aromatic N) is 1. The molecule has 2 heteroatoms. The molecule has 0 unspecified atom stereocenters. The van der Waals surface area contributed by atoms with Gasteiger partial charge in [-0.1, -0.05) is 43.8 Å². The predicted octanol–water partition coefficient (Wildman–Crippen LogP) is 3.30. The first kappa shape index (κ1) is 12.0. The van der Waals surface area contributed by atoms with Crippen LogP contribution in [0.5, 0.6) is 0 Å². The maximum atomic E-state index is 2.56. The highest BCUT2D eigenvalue weighted by Crippen LogP contribution is 2.24. The Kier molecular flexibility index (Phi) is 4.89. The normalized spacial score (nSPS) is 17.9. The van der Waals surface area contributed by atoms with Gasteiger partial charge in [-0.05, 0) is 19.9 Å². The van der Waals surface area contributed by atoms with Crippen LogP contribution in [-0.4, -0.2) is 32.6 Å². The van der Waals surface area contributed by atoms with Crippen molar-refractivity contribution in [1.82, 2.24) is 4.90 Å². The summed E-state index contributed by atoms with van der Waals surface area (Å²) in [5.74, 6) is 0. The fourth-order valence-corrected chi connectivity index (χ4v) is 5.64. The van der Waals surface area contributed by atoms with Crippen molar-refractivity contribution in [2.75, 3.05) is 19.6 Å². The summed E-state index contributed by atoms with van der Waals surface area (Å²) in [6, 6.07) is 4.35. The lowest BCUT2D eigenvalue weighted by Crippen LogP contribution is -2.30. The van der Waals surface area contributed by atoms with E-state index in [9.17, 15) is 0 Å². The van der Waals surface area contributed by atoms with Crippen LogP contribution in [0.3, 0.4) is 0 Å². The zero-order valence-corrected chi connectivity index (χ0v) is 11.1. The van der Waals surface area contributed by atoms with E-state index in [-0.39, 0.29) is 0 Å². The van der Waals surface area contributed by atoms with Crippen molar-refractivity contribution in [3.63, 3.8) is 0 Å². The molecule has 0 aromatic rings. The molecule has 82 valence electrons. The van der Waals surface area contributed by atoms with E-state index in [1.807, 2.05) is 0 Å². The van der Waals surface area contributed by atoms with E-state index in [1.54, 1.807) is 0 Å². The fourth-order valence-electron chi connectivity index (χ4n) is 2.23. The van der Waals surface area contributed by atoms with E-state index in [1.165, 1.54) is 44.2 Å². The molecule has 1 aliphatic heterocycles. The van der Waals surface area contributed by atoms with Crippen molar-refractivity contribution in [3.05, 3.63) is 11.8 Å². The smallest absolute Gasteiger partial charge is 0.0769 e. The fraction of sp³-hybridized carbons (Fsp3) is 0.833. The molecular formula is C12H25NSi. The van der Waals surface area contributed by atoms with Gasteiger partial charge in [0.1, 0.15) is 0 Å². The summed E-state index contributed by atoms with van der Waals surface area (Å²) >= 11 is 0. The van der Waals surface area contributed by atoms with Gasteiger partial charge in [0.2, 0.25) is 0 Å². The lowest BCUT2D eigenvalue weighted by atomic mass is 10.5. The topological polar surface area (TPSA) is 3.01 Å². The molecule has 1 saturated heterocycles. The average Bonchev–Trinajstić information content (AvgIpc) is 3.00. The molecule has 0 aliphatic carbocycles. The molecule has 1 nitrogen and oxygen atoms in total. The van der Waals surface area contributed by atoms with Crippen LogP contribution in [-0.2, 0) is 0 Å². The molecule has 1 rings (SSSR count). The van der Waals surface area contributed by atoms with Gasteiger partial charge in [-0.3, -0.25) is 0 Å². The van der Waals surface area contributed by atoms with Crippen LogP contribution < -0.4 is 0 Å².